The van der Waals surface area contributed by atoms with Gasteiger partial charge in [0.1, 0.15) is 10.7 Å². The van der Waals surface area contributed by atoms with Crippen LogP contribution in [0.3, 0.4) is 0 Å². The minimum absolute atomic E-state index is 0.0287. The van der Waals surface area contributed by atoms with Crippen LogP contribution in [0.25, 0.3) is 10.2 Å². The van der Waals surface area contributed by atoms with E-state index in [2.05, 4.69) is 36.1 Å². The molecule has 0 aromatic carbocycles. The lowest BCUT2D eigenvalue weighted by Crippen LogP contribution is -2.27. The van der Waals surface area contributed by atoms with Crippen LogP contribution in [0, 0.1) is 11.8 Å². The molecule has 0 saturated heterocycles. The van der Waals surface area contributed by atoms with Gasteiger partial charge in [-0.05, 0) is 43.1 Å². The van der Waals surface area contributed by atoms with Gasteiger partial charge in [0.2, 0.25) is 5.91 Å². The van der Waals surface area contributed by atoms with Crippen molar-refractivity contribution in [2.45, 2.75) is 52.2 Å². The molecule has 1 aliphatic carbocycles. The molecule has 1 aliphatic rings. The molecule has 1 amide bonds. The van der Waals surface area contributed by atoms with Crippen molar-refractivity contribution < 1.29 is 4.79 Å². The van der Waals surface area contributed by atoms with Gasteiger partial charge in [0, 0.05) is 11.4 Å². The summed E-state index contributed by atoms with van der Waals surface area (Å²) >= 11 is 3.15. The number of amides is 1. The van der Waals surface area contributed by atoms with E-state index in [1.165, 1.54) is 22.2 Å². The first kappa shape index (κ1) is 19.4. The normalized spacial score (nSPS) is 16.8. The summed E-state index contributed by atoms with van der Waals surface area (Å²) in [4.78, 5) is 34.1. The Morgan fingerprint density at radius 2 is 2.27 bits per heavy atom. The van der Waals surface area contributed by atoms with E-state index in [0.29, 0.717) is 29.2 Å². The third-order valence-electron chi connectivity index (χ3n) is 4.73. The quantitative estimate of drug-likeness (QED) is 0.755. The summed E-state index contributed by atoms with van der Waals surface area (Å²) in [7, 11) is 0. The van der Waals surface area contributed by atoms with Gasteiger partial charge in [0.05, 0.1) is 16.9 Å². The maximum absolute atomic E-state index is 12.5. The Kier molecular flexibility index (Phi) is 6.40. The number of nitrogens with one attached hydrogen (secondary N) is 2. The monoisotopic (exact) mass is 393 g/mol. The molecule has 3 rings (SSSR count). The summed E-state index contributed by atoms with van der Waals surface area (Å²) in [6, 6.07) is 0. The van der Waals surface area contributed by atoms with Crippen LogP contribution in [0.15, 0.2) is 4.79 Å². The Morgan fingerprint density at radius 3 is 3.04 bits per heavy atom. The summed E-state index contributed by atoms with van der Waals surface area (Å²) in [5, 5.41) is 3.72. The first-order valence-corrected chi connectivity index (χ1v) is 11.3. The maximum Gasteiger partial charge on any atom is 0.259 e. The first-order valence-electron chi connectivity index (χ1n) is 9.32. The van der Waals surface area contributed by atoms with Crippen LogP contribution in [0.4, 0.5) is 0 Å². The van der Waals surface area contributed by atoms with Crippen molar-refractivity contribution in [3.05, 3.63) is 26.6 Å². The number of aromatic amines is 1. The van der Waals surface area contributed by atoms with Gasteiger partial charge in [-0.15, -0.1) is 23.1 Å². The summed E-state index contributed by atoms with van der Waals surface area (Å²) < 4.78 is 0. The molecular weight excluding hydrogens is 366 g/mol. The van der Waals surface area contributed by atoms with Crippen molar-refractivity contribution in [1.29, 1.82) is 0 Å². The third-order valence-corrected chi connectivity index (χ3v) is 6.82. The summed E-state index contributed by atoms with van der Waals surface area (Å²) in [6.07, 6.45) is 4.16. The van der Waals surface area contributed by atoms with Crippen molar-refractivity contribution in [1.82, 2.24) is 15.3 Å². The van der Waals surface area contributed by atoms with Gasteiger partial charge in [-0.3, -0.25) is 9.59 Å². The minimum Gasteiger partial charge on any atom is -0.355 e. The van der Waals surface area contributed by atoms with Crippen LogP contribution >= 0.6 is 23.1 Å². The number of fused-ring (bicyclic) bond motifs is 3. The zero-order chi connectivity index (χ0) is 18.7. The number of H-pyrrole nitrogens is 1. The molecule has 2 aromatic rings. The topological polar surface area (TPSA) is 74.8 Å². The minimum atomic E-state index is -0.0287. The number of carbonyl (C=O) groups is 1. The van der Waals surface area contributed by atoms with Crippen molar-refractivity contribution in [2.24, 2.45) is 11.8 Å². The van der Waals surface area contributed by atoms with E-state index in [4.69, 9.17) is 0 Å². The predicted octanol–water partition coefficient (Wildman–Crippen LogP) is 3.50. The largest absolute Gasteiger partial charge is 0.355 e. The molecule has 2 aromatic heterocycles. The predicted molar refractivity (Wildman–Crippen MR) is 110 cm³/mol. The summed E-state index contributed by atoms with van der Waals surface area (Å²) in [6.45, 7) is 7.26. The van der Waals surface area contributed by atoms with E-state index in [1.807, 2.05) is 0 Å². The zero-order valence-electron chi connectivity index (χ0n) is 15.7. The lowest BCUT2D eigenvalue weighted by atomic mass is 9.89. The highest BCUT2D eigenvalue weighted by atomic mass is 32.2. The second-order valence-corrected chi connectivity index (χ2v) is 9.64. The van der Waals surface area contributed by atoms with E-state index >= 15 is 0 Å². The van der Waals surface area contributed by atoms with Gasteiger partial charge < -0.3 is 10.3 Å². The number of carbonyl (C=O) groups excluding carboxylic acids is 1. The SMILES string of the molecule is CC(C)CCNC(=O)CSCc1nc2sc3c(c2c(=O)[nH]1)CC[C@@H](C)C3. The second-order valence-electron chi connectivity index (χ2n) is 7.57. The molecule has 0 unspecified atom stereocenters. The highest BCUT2D eigenvalue weighted by molar-refractivity contribution is 7.99. The fourth-order valence-electron chi connectivity index (χ4n) is 3.25. The number of nitrogens with zero attached hydrogens (tertiary/aromatic N) is 1. The van der Waals surface area contributed by atoms with Gasteiger partial charge in [-0.1, -0.05) is 20.8 Å². The molecule has 5 nitrogen and oxygen atoms in total. The molecule has 1 atom stereocenters. The van der Waals surface area contributed by atoms with Crippen molar-refractivity contribution >= 4 is 39.2 Å². The Bertz CT molecular complexity index is 841. The second kappa shape index (κ2) is 8.57. The van der Waals surface area contributed by atoms with Crippen molar-refractivity contribution in [3.63, 3.8) is 0 Å². The maximum atomic E-state index is 12.5. The smallest absolute Gasteiger partial charge is 0.259 e. The van der Waals surface area contributed by atoms with E-state index in [0.717, 1.165) is 42.4 Å². The molecule has 0 aliphatic heterocycles. The van der Waals surface area contributed by atoms with Crippen LogP contribution in [-0.4, -0.2) is 28.2 Å². The molecule has 0 fully saturated rings. The van der Waals surface area contributed by atoms with E-state index < -0.39 is 0 Å². The number of rotatable bonds is 7. The molecule has 142 valence electrons. The molecule has 7 heteroatoms. The molecule has 0 radical (unpaired) electrons. The van der Waals surface area contributed by atoms with Crippen LogP contribution in [-0.2, 0) is 23.4 Å². The summed E-state index contributed by atoms with van der Waals surface area (Å²) in [5.74, 6) is 2.90. The van der Waals surface area contributed by atoms with Gasteiger partial charge in [0.15, 0.2) is 0 Å². The van der Waals surface area contributed by atoms with Crippen LogP contribution in [0.2, 0.25) is 0 Å². The van der Waals surface area contributed by atoms with E-state index in [9.17, 15) is 9.59 Å². The average molecular weight is 394 g/mol. The molecule has 0 spiro atoms. The van der Waals surface area contributed by atoms with Crippen LogP contribution in [0.5, 0.6) is 0 Å². The Morgan fingerprint density at radius 1 is 1.46 bits per heavy atom. The van der Waals surface area contributed by atoms with Gasteiger partial charge in [0.25, 0.3) is 5.56 Å². The number of aromatic nitrogens is 2. The van der Waals surface area contributed by atoms with Crippen molar-refractivity contribution in [3.8, 4) is 0 Å². The zero-order valence-corrected chi connectivity index (χ0v) is 17.3. The van der Waals surface area contributed by atoms with Gasteiger partial charge >= 0.3 is 0 Å². The molecule has 26 heavy (non-hydrogen) atoms. The van der Waals surface area contributed by atoms with Crippen LogP contribution in [0.1, 0.15) is 49.9 Å². The lowest BCUT2D eigenvalue weighted by molar-refractivity contribution is -0.118. The van der Waals surface area contributed by atoms with Gasteiger partial charge in [-0.2, -0.15) is 0 Å². The molecule has 2 N–H and O–H groups in total. The highest BCUT2D eigenvalue weighted by Gasteiger charge is 2.23. The first-order chi connectivity index (χ1) is 12.4. The average Bonchev–Trinajstić information content (AvgIpc) is 2.92. The number of thiophene rings is 1. The highest BCUT2D eigenvalue weighted by Crippen LogP contribution is 2.35. The number of hydrogen-bond acceptors (Lipinski definition) is 5. The third kappa shape index (κ3) is 4.68. The Balaban J connectivity index is 1.61. The standard InChI is InChI=1S/C19H27N3O2S2/c1-11(2)6-7-20-16(23)10-25-9-15-21-18(24)17-13-5-4-12(3)8-14(13)26-19(17)22-15/h11-12H,4-10H2,1-3H3,(H,20,23)(H,21,22,24)/t12-/m1/s1. The van der Waals surface area contributed by atoms with Crippen LogP contribution < -0.4 is 10.9 Å². The van der Waals surface area contributed by atoms with Crippen molar-refractivity contribution in [2.75, 3.05) is 12.3 Å². The van der Waals surface area contributed by atoms with E-state index in [1.54, 1.807) is 11.3 Å². The number of hydrogen-bond donors (Lipinski definition) is 2. The fraction of sp³-hybridized carbons (Fsp3) is 0.632. The summed E-state index contributed by atoms with van der Waals surface area (Å²) in [5.41, 5.74) is 1.18. The number of aryl methyl sites for hydroxylation is 1. The molecule has 0 saturated carbocycles. The van der Waals surface area contributed by atoms with Gasteiger partial charge in [-0.25, -0.2) is 4.98 Å². The number of thioether (sulfide) groups is 1. The van der Waals surface area contributed by atoms with E-state index in [-0.39, 0.29) is 11.5 Å². The molecule has 2 heterocycles. The Hall–Kier alpha value is -1.34. The molecular formula is C19H27N3O2S2. The lowest BCUT2D eigenvalue weighted by Gasteiger charge is -2.17. The Labute approximate surface area is 162 Å². The molecule has 0 bridgehead atoms. The fourth-order valence-corrected chi connectivity index (χ4v) is 5.38.